The molecule has 12 heavy (non-hydrogen) atoms. The van der Waals surface area contributed by atoms with Crippen molar-refractivity contribution in [2.24, 2.45) is 5.41 Å². The normalized spacial score (nSPS) is 14.8. The van der Waals surface area contributed by atoms with Gasteiger partial charge in [0.05, 0.1) is 0 Å². The summed E-state index contributed by atoms with van der Waals surface area (Å²) in [5.74, 6) is 0. The van der Waals surface area contributed by atoms with Gasteiger partial charge in [-0.05, 0) is 38.9 Å². The SMILES string of the molecule is CNCCCC(NC)C(C)(C)C. The van der Waals surface area contributed by atoms with Gasteiger partial charge >= 0.3 is 0 Å². The monoisotopic (exact) mass is 172 g/mol. The molecular formula is C10H24N2. The highest BCUT2D eigenvalue weighted by molar-refractivity contribution is 4.78. The van der Waals surface area contributed by atoms with E-state index in [1.807, 2.05) is 7.05 Å². The zero-order valence-electron chi connectivity index (χ0n) is 9.20. The standard InChI is InChI=1S/C10H24N2/c1-10(2,3)9(12-5)7-6-8-11-4/h9,11-12H,6-8H2,1-5H3. The lowest BCUT2D eigenvalue weighted by Crippen LogP contribution is -2.38. The van der Waals surface area contributed by atoms with Gasteiger partial charge < -0.3 is 10.6 Å². The molecule has 2 nitrogen and oxygen atoms in total. The molecule has 0 aliphatic carbocycles. The summed E-state index contributed by atoms with van der Waals surface area (Å²) in [7, 11) is 4.06. The van der Waals surface area contributed by atoms with E-state index in [2.05, 4.69) is 38.5 Å². The molecule has 2 N–H and O–H groups in total. The van der Waals surface area contributed by atoms with Crippen LogP contribution >= 0.6 is 0 Å². The zero-order chi connectivity index (χ0) is 9.61. The summed E-state index contributed by atoms with van der Waals surface area (Å²) >= 11 is 0. The van der Waals surface area contributed by atoms with Gasteiger partial charge in [0, 0.05) is 6.04 Å². The second kappa shape index (κ2) is 5.55. The van der Waals surface area contributed by atoms with Gasteiger partial charge in [-0.2, -0.15) is 0 Å². The molecule has 0 fully saturated rings. The Balaban J connectivity index is 3.68. The van der Waals surface area contributed by atoms with Crippen LogP contribution in [0, 0.1) is 5.41 Å². The van der Waals surface area contributed by atoms with Crippen molar-refractivity contribution in [3.05, 3.63) is 0 Å². The van der Waals surface area contributed by atoms with E-state index in [-0.39, 0.29) is 0 Å². The Morgan fingerprint density at radius 3 is 2.08 bits per heavy atom. The van der Waals surface area contributed by atoms with E-state index in [1.54, 1.807) is 0 Å². The van der Waals surface area contributed by atoms with Crippen molar-refractivity contribution in [1.82, 2.24) is 10.6 Å². The predicted molar refractivity (Wildman–Crippen MR) is 55.5 cm³/mol. The summed E-state index contributed by atoms with van der Waals surface area (Å²) in [6, 6.07) is 0.630. The lowest BCUT2D eigenvalue weighted by atomic mass is 9.84. The molecule has 0 heterocycles. The maximum Gasteiger partial charge on any atom is 0.0113 e. The molecule has 0 radical (unpaired) electrons. The van der Waals surface area contributed by atoms with Crippen LogP contribution in [0.1, 0.15) is 33.6 Å². The Morgan fingerprint density at radius 1 is 1.17 bits per heavy atom. The minimum absolute atomic E-state index is 0.377. The lowest BCUT2D eigenvalue weighted by Gasteiger charge is -2.30. The van der Waals surface area contributed by atoms with Gasteiger partial charge in [-0.3, -0.25) is 0 Å². The highest BCUT2D eigenvalue weighted by Crippen LogP contribution is 2.22. The van der Waals surface area contributed by atoms with E-state index >= 15 is 0 Å². The lowest BCUT2D eigenvalue weighted by molar-refractivity contribution is 0.263. The number of hydrogen-bond acceptors (Lipinski definition) is 2. The third-order valence-electron chi connectivity index (χ3n) is 2.31. The Labute approximate surface area is 77.1 Å². The van der Waals surface area contributed by atoms with Crippen LogP contribution in [0.5, 0.6) is 0 Å². The molecule has 0 amide bonds. The molecule has 0 aromatic carbocycles. The van der Waals surface area contributed by atoms with Crippen molar-refractivity contribution in [3.8, 4) is 0 Å². The fourth-order valence-electron chi connectivity index (χ4n) is 1.49. The van der Waals surface area contributed by atoms with Crippen LogP contribution in [0.2, 0.25) is 0 Å². The second-order valence-corrected chi connectivity index (χ2v) is 4.45. The van der Waals surface area contributed by atoms with Crippen molar-refractivity contribution < 1.29 is 0 Å². The van der Waals surface area contributed by atoms with Crippen LogP contribution in [0.4, 0.5) is 0 Å². The molecule has 1 atom stereocenters. The molecule has 0 aromatic heterocycles. The van der Waals surface area contributed by atoms with E-state index in [1.165, 1.54) is 12.8 Å². The van der Waals surface area contributed by atoms with Gasteiger partial charge in [0.2, 0.25) is 0 Å². The third kappa shape index (κ3) is 4.73. The summed E-state index contributed by atoms with van der Waals surface area (Å²) < 4.78 is 0. The number of rotatable bonds is 5. The van der Waals surface area contributed by atoms with Crippen LogP contribution in [-0.4, -0.2) is 26.7 Å². The molecule has 2 heteroatoms. The molecule has 0 spiro atoms. The summed E-state index contributed by atoms with van der Waals surface area (Å²) in [6.45, 7) is 7.98. The summed E-state index contributed by atoms with van der Waals surface area (Å²) in [6.07, 6.45) is 2.50. The fourth-order valence-corrected chi connectivity index (χ4v) is 1.49. The van der Waals surface area contributed by atoms with Gasteiger partial charge in [-0.15, -0.1) is 0 Å². The average Bonchev–Trinajstić information content (AvgIpc) is 1.95. The molecule has 0 saturated heterocycles. The molecule has 74 valence electrons. The quantitative estimate of drug-likeness (QED) is 0.616. The van der Waals surface area contributed by atoms with Crippen LogP contribution in [0.3, 0.4) is 0 Å². The summed E-state index contributed by atoms with van der Waals surface area (Å²) in [5.41, 5.74) is 0.377. The van der Waals surface area contributed by atoms with E-state index in [9.17, 15) is 0 Å². The largest absolute Gasteiger partial charge is 0.320 e. The smallest absolute Gasteiger partial charge is 0.0113 e. The van der Waals surface area contributed by atoms with Crippen molar-refractivity contribution in [1.29, 1.82) is 0 Å². The van der Waals surface area contributed by atoms with E-state index < -0.39 is 0 Å². The molecule has 0 bridgehead atoms. The first kappa shape index (κ1) is 11.9. The molecule has 0 aliphatic heterocycles. The molecule has 0 aliphatic rings. The fraction of sp³-hybridized carbons (Fsp3) is 1.00. The Hall–Kier alpha value is -0.0800. The minimum atomic E-state index is 0.377. The first-order valence-electron chi connectivity index (χ1n) is 4.84. The zero-order valence-corrected chi connectivity index (χ0v) is 9.20. The van der Waals surface area contributed by atoms with Crippen molar-refractivity contribution in [3.63, 3.8) is 0 Å². The van der Waals surface area contributed by atoms with Gasteiger partial charge in [-0.1, -0.05) is 20.8 Å². The highest BCUT2D eigenvalue weighted by atomic mass is 14.9. The Morgan fingerprint density at radius 2 is 1.75 bits per heavy atom. The van der Waals surface area contributed by atoms with Gasteiger partial charge in [0.25, 0.3) is 0 Å². The molecule has 1 unspecified atom stereocenters. The van der Waals surface area contributed by atoms with Crippen LogP contribution < -0.4 is 10.6 Å². The van der Waals surface area contributed by atoms with E-state index in [4.69, 9.17) is 0 Å². The van der Waals surface area contributed by atoms with E-state index in [0.717, 1.165) is 6.54 Å². The second-order valence-electron chi connectivity index (χ2n) is 4.45. The highest BCUT2D eigenvalue weighted by Gasteiger charge is 2.21. The Kier molecular flexibility index (Phi) is 5.51. The van der Waals surface area contributed by atoms with E-state index in [0.29, 0.717) is 11.5 Å². The third-order valence-corrected chi connectivity index (χ3v) is 2.31. The summed E-state index contributed by atoms with van der Waals surface area (Å²) in [5, 5.41) is 6.54. The Bertz CT molecular complexity index is 105. The van der Waals surface area contributed by atoms with Crippen molar-refractivity contribution >= 4 is 0 Å². The molecule has 0 aromatic rings. The van der Waals surface area contributed by atoms with Crippen LogP contribution in [0.15, 0.2) is 0 Å². The van der Waals surface area contributed by atoms with Crippen molar-refractivity contribution in [2.45, 2.75) is 39.7 Å². The molecule has 0 rings (SSSR count). The molecule has 0 saturated carbocycles. The predicted octanol–water partition coefficient (Wildman–Crippen LogP) is 1.62. The maximum absolute atomic E-state index is 3.37. The van der Waals surface area contributed by atoms with Crippen molar-refractivity contribution in [2.75, 3.05) is 20.6 Å². The first-order chi connectivity index (χ1) is 5.52. The average molecular weight is 172 g/mol. The summed E-state index contributed by atoms with van der Waals surface area (Å²) in [4.78, 5) is 0. The van der Waals surface area contributed by atoms with Crippen LogP contribution in [0.25, 0.3) is 0 Å². The van der Waals surface area contributed by atoms with Crippen LogP contribution in [-0.2, 0) is 0 Å². The first-order valence-corrected chi connectivity index (χ1v) is 4.84. The van der Waals surface area contributed by atoms with Gasteiger partial charge in [0.1, 0.15) is 0 Å². The molecular weight excluding hydrogens is 148 g/mol. The topological polar surface area (TPSA) is 24.1 Å². The number of hydrogen-bond donors (Lipinski definition) is 2. The minimum Gasteiger partial charge on any atom is -0.320 e. The maximum atomic E-state index is 3.37. The van der Waals surface area contributed by atoms with Gasteiger partial charge in [-0.25, -0.2) is 0 Å². The van der Waals surface area contributed by atoms with Gasteiger partial charge in [0.15, 0.2) is 0 Å². The number of nitrogens with one attached hydrogen (secondary N) is 2.